The minimum absolute atomic E-state index is 0.00171. The van der Waals surface area contributed by atoms with E-state index in [0.717, 1.165) is 23.1 Å². The topological polar surface area (TPSA) is 37.8 Å². The highest BCUT2D eigenvalue weighted by atomic mass is 16.1. The number of rotatable bonds is 1. The van der Waals surface area contributed by atoms with Gasteiger partial charge in [0.2, 0.25) is 0 Å². The molecule has 0 fully saturated rings. The number of H-pyrrole nitrogens is 1. The van der Waals surface area contributed by atoms with Crippen molar-refractivity contribution in [1.82, 2.24) is 9.55 Å². The molecule has 68 valence electrons. The summed E-state index contributed by atoms with van der Waals surface area (Å²) in [5.41, 5.74) is 1.68. The first-order valence-corrected chi connectivity index (χ1v) is 4.41. The van der Waals surface area contributed by atoms with Crippen molar-refractivity contribution >= 4 is 10.9 Å². The van der Waals surface area contributed by atoms with Crippen LogP contribution >= 0.6 is 0 Å². The van der Waals surface area contributed by atoms with Crippen molar-refractivity contribution in [2.75, 3.05) is 0 Å². The predicted molar refractivity (Wildman–Crippen MR) is 53.0 cm³/mol. The Morgan fingerprint density at radius 2 is 2.31 bits per heavy atom. The minimum atomic E-state index is 0.00171. The summed E-state index contributed by atoms with van der Waals surface area (Å²) >= 11 is 0. The first kappa shape index (κ1) is 8.10. The van der Waals surface area contributed by atoms with Crippen molar-refractivity contribution in [3.8, 4) is 0 Å². The normalized spacial score (nSPS) is 10.9. The Labute approximate surface area is 76.0 Å². The molecule has 0 amide bonds. The maximum Gasteiger partial charge on any atom is 0.272 e. The Hall–Kier alpha value is -1.51. The number of aryl methyl sites for hydroxylation is 2. The molecule has 2 rings (SSSR count). The van der Waals surface area contributed by atoms with Crippen molar-refractivity contribution in [2.45, 2.75) is 20.4 Å². The number of fused-ring (bicyclic) bond motifs is 1. The van der Waals surface area contributed by atoms with Gasteiger partial charge in [-0.05, 0) is 26.0 Å². The Bertz CT molecular complexity index is 493. The molecule has 0 radical (unpaired) electrons. The van der Waals surface area contributed by atoms with E-state index in [-0.39, 0.29) is 5.56 Å². The van der Waals surface area contributed by atoms with Crippen molar-refractivity contribution < 1.29 is 0 Å². The van der Waals surface area contributed by atoms with E-state index in [4.69, 9.17) is 0 Å². The maximum absolute atomic E-state index is 11.6. The lowest BCUT2D eigenvalue weighted by Crippen LogP contribution is -2.11. The average Bonchev–Trinajstić information content (AvgIpc) is 2.47. The molecule has 3 nitrogen and oxygen atoms in total. The maximum atomic E-state index is 11.6. The molecule has 2 aromatic heterocycles. The van der Waals surface area contributed by atoms with Gasteiger partial charge in [0.15, 0.2) is 0 Å². The monoisotopic (exact) mass is 176 g/mol. The van der Waals surface area contributed by atoms with Crippen LogP contribution in [-0.4, -0.2) is 9.55 Å². The highest BCUT2D eigenvalue weighted by molar-refractivity contribution is 5.79. The number of pyridine rings is 1. The van der Waals surface area contributed by atoms with Gasteiger partial charge in [0.05, 0.1) is 0 Å². The lowest BCUT2D eigenvalue weighted by Gasteiger charge is -1.99. The van der Waals surface area contributed by atoms with E-state index >= 15 is 0 Å². The van der Waals surface area contributed by atoms with Gasteiger partial charge in [-0.15, -0.1) is 0 Å². The van der Waals surface area contributed by atoms with Crippen molar-refractivity contribution in [3.05, 3.63) is 34.4 Å². The lowest BCUT2D eigenvalue weighted by atomic mass is 10.3. The second-order valence-electron chi connectivity index (χ2n) is 3.19. The molecule has 13 heavy (non-hydrogen) atoms. The number of aromatic nitrogens is 2. The van der Waals surface area contributed by atoms with E-state index in [9.17, 15) is 4.79 Å². The van der Waals surface area contributed by atoms with Crippen molar-refractivity contribution in [3.63, 3.8) is 0 Å². The third-order valence-electron chi connectivity index (χ3n) is 2.23. The summed E-state index contributed by atoms with van der Waals surface area (Å²) in [5.74, 6) is 0. The number of hydrogen-bond acceptors (Lipinski definition) is 1. The van der Waals surface area contributed by atoms with Crippen LogP contribution in [0.4, 0.5) is 0 Å². The molecule has 0 spiro atoms. The largest absolute Gasteiger partial charge is 0.343 e. The van der Waals surface area contributed by atoms with Crippen LogP contribution in [0.15, 0.2) is 23.1 Å². The highest BCUT2D eigenvalue weighted by Gasteiger charge is 2.03. The molecule has 0 bridgehead atoms. The summed E-state index contributed by atoms with van der Waals surface area (Å²) in [7, 11) is 0. The first-order valence-electron chi connectivity index (χ1n) is 4.41. The Balaban J connectivity index is 2.90. The number of hydrogen-bond donors (Lipinski definition) is 1. The van der Waals surface area contributed by atoms with Gasteiger partial charge in [0.1, 0.15) is 5.52 Å². The third-order valence-corrected chi connectivity index (χ3v) is 2.23. The molecule has 0 saturated carbocycles. The summed E-state index contributed by atoms with van der Waals surface area (Å²) in [5, 5.41) is 1.02. The Kier molecular flexibility index (Phi) is 1.72. The summed E-state index contributed by atoms with van der Waals surface area (Å²) < 4.78 is 1.95. The van der Waals surface area contributed by atoms with Gasteiger partial charge < -0.3 is 9.55 Å². The van der Waals surface area contributed by atoms with Gasteiger partial charge in [0.25, 0.3) is 5.56 Å². The number of aromatic amines is 1. The molecular formula is C10H12N2O. The molecule has 0 aliphatic carbocycles. The van der Waals surface area contributed by atoms with Crippen molar-refractivity contribution in [2.24, 2.45) is 0 Å². The van der Waals surface area contributed by atoms with E-state index in [1.807, 2.05) is 36.7 Å². The van der Waals surface area contributed by atoms with Crippen molar-refractivity contribution in [1.29, 1.82) is 0 Å². The van der Waals surface area contributed by atoms with E-state index in [2.05, 4.69) is 4.98 Å². The second kappa shape index (κ2) is 2.76. The quantitative estimate of drug-likeness (QED) is 0.705. The third kappa shape index (κ3) is 1.16. The molecule has 2 aromatic rings. The molecule has 0 unspecified atom stereocenters. The summed E-state index contributed by atoms with van der Waals surface area (Å²) in [4.78, 5) is 14.4. The van der Waals surface area contributed by atoms with Crippen LogP contribution in [0.3, 0.4) is 0 Å². The van der Waals surface area contributed by atoms with Gasteiger partial charge in [-0.3, -0.25) is 4.79 Å². The molecule has 0 saturated heterocycles. The smallest absolute Gasteiger partial charge is 0.272 e. The van der Waals surface area contributed by atoms with Crippen LogP contribution in [-0.2, 0) is 6.54 Å². The zero-order valence-electron chi connectivity index (χ0n) is 7.79. The summed E-state index contributed by atoms with van der Waals surface area (Å²) in [6, 6.07) is 3.96. The molecular weight excluding hydrogens is 164 g/mol. The highest BCUT2D eigenvalue weighted by Crippen LogP contribution is 2.11. The molecule has 1 N–H and O–H groups in total. The fourth-order valence-corrected chi connectivity index (χ4v) is 1.64. The van der Waals surface area contributed by atoms with Crippen LogP contribution in [0.2, 0.25) is 0 Å². The minimum Gasteiger partial charge on any atom is -0.343 e. The van der Waals surface area contributed by atoms with Crippen LogP contribution in [0.1, 0.15) is 12.6 Å². The fraction of sp³-hybridized carbons (Fsp3) is 0.300. The fourth-order valence-electron chi connectivity index (χ4n) is 1.64. The predicted octanol–water partition coefficient (Wildman–Crippen LogP) is 1.66. The second-order valence-corrected chi connectivity index (χ2v) is 3.19. The standard InChI is InChI=1S/C10H12N2O/c1-3-12-5-4-8-6-7(2)11-10(13)9(8)12/h4-6H,3H2,1-2H3,(H,11,13). The van der Waals surface area contributed by atoms with Gasteiger partial charge >= 0.3 is 0 Å². The molecule has 2 heterocycles. The number of nitrogens with zero attached hydrogens (tertiary/aromatic N) is 1. The molecule has 0 aliphatic heterocycles. The Morgan fingerprint density at radius 3 is 3.00 bits per heavy atom. The molecule has 3 heteroatoms. The van der Waals surface area contributed by atoms with Gasteiger partial charge in [0, 0.05) is 23.8 Å². The van der Waals surface area contributed by atoms with Crippen LogP contribution in [0.5, 0.6) is 0 Å². The summed E-state index contributed by atoms with van der Waals surface area (Å²) in [6.45, 7) is 4.75. The lowest BCUT2D eigenvalue weighted by molar-refractivity contribution is 0.792. The van der Waals surface area contributed by atoms with Gasteiger partial charge in [-0.25, -0.2) is 0 Å². The van der Waals surface area contributed by atoms with Crippen LogP contribution < -0.4 is 5.56 Å². The van der Waals surface area contributed by atoms with Crippen LogP contribution in [0, 0.1) is 6.92 Å². The zero-order chi connectivity index (χ0) is 9.42. The zero-order valence-corrected chi connectivity index (χ0v) is 7.79. The van der Waals surface area contributed by atoms with Gasteiger partial charge in [-0.2, -0.15) is 0 Å². The summed E-state index contributed by atoms with van der Waals surface area (Å²) in [6.07, 6.45) is 1.94. The SMILES string of the molecule is CCn1ccc2cc(C)[nH]c(=O)c21. The van der Waals surface area contributed by atoms with E-state index in [1.165, 1.54) is 0 Å². The van der Waals surface area contributed by atoms with E-state index in [1.54, 1.807) is 0 Å². The van der Waals surface area contributed by atoms with Crippen LogP contribution in [0.25, 0.3) is 10.9 Å². The molecule has 0 atom stereocenters. The first-order chi connectivity index (χ1) is 6.22. The average molecular weight is 176 g/mol. The number of nitrogens with one attached hydrogen (secondary N) is 1. The van der Waals surface area contributed by atoms with E-state index < -0.39 is 0 Å². The molecule has 0 aliphatic rings. The molecule has 0 aromatic carbocycles. The van der Waals surface area contributed by atoms with Gasteiger partial charge in [-0.1, -0.05) is 0 Å². The van der Waals surface area contributed by atoms with E-state index in [0.29, 0.717) is 0 Å². The Morgan fingerprint density at radius 1 is 1.54 bits per heavy atom.